The van der Waals surface area contributed by atoms with E-state index < -0.39 is 0 Å². The van der Waals surface area contributed by atoms with Gasteiger partial charge >= 0.3 is 0 Å². The maximum atomic E-state index is 12.2. The number of halogens is 1. The molecule has 2 aromatic heterocycles. The average Bonchev–Trinajstić information content (AvgIpc) is 3.28. The largest absolute Gasteiger partial charge is 0.370 e. The Morgan fingerprint density at radius 3 is 3.21 bits per heavy atom. The fraction of sp³-hybridized carbons (Fsp3) is 0.312. The first-order valence-corrected chi connectivity index (χ1v) is 8.15. The third kappa shape index (κ3) is 3.00. The third-order valence-corrected chi connectivity index (χ3v) is 4.27. The minimum absolute atomic E-state index is 0.0568. The number of fused-ring (bicyclic) bond motifs is 1. The van der Waals surface area contributed by atoms with Crippen molar-refractivity contribution in [1.82, 2.24) is 19.7 Å². The van der Waals surface area contributed by atoms with Crippen molar-refractivity contribution in [3.05, 3.63) is 41.3 Å². The SMILES string of the molecule is O=C(Cn1ccc2ccc(Cl)cc21)Nc1n[nH]c([C@@H]2CCCO2)n1. The van der Waals surface area contributed by atoms with Gasteiger partial charge in [0, 0.05) is 23.3 Å². The summed E-state index contributed by atoms with van der Waals surface area (Å²) in [6, 6.07) is 7.54. The maximum Gasteiger partial charge on any atom is 0.248 e. The van der Waals surface area contributed by atoms with E-state index in [1.54, 1.807) is 0 Å². The van der Waals surface area contributed by atoms with Gasteiger partial charge in [-0.25, -0.2) is 0 Å². The first-order chi connectivity index (χ1) is 11.7. The molecule has 4 rings (SSSR count). The number of carbonyl (C=O) groups is 1. The highest BCUT2D eigenvalue weighted by Gasteiger charge is 2.21. The van der Waals surface area contributed by atoms with E-state index in [9.17, 15) is 4.79 Å². The molecule has 0 radical (unpaired) electrons. The van der Waals surface area contributed by atoms with Gasteiger partial charge in [0.25, 0.3) is 0 Å². The molecule has 7 nitrogen and oxygen atoms in total. The molecule has 3 heterocycles. The van der Waals surface area contributed by atoms with E-state index in [0.29, 0.717) is 10.8 Å². The second kappa shape index (κ2) is 6.26. The Balaban J connectivity index is 1.45. The molecule has 1 saturated heterocycles. The van der Waals surface area contributed by atoms with Crippen LogP contribution >= 0.6 is 11.6 Å². The molecule has 1 fully saturated rings. The molecule has 3 aromatic rings. The van der Waals surface area contributed by atoms with Crippen LogP contribution in [0.25, 0.3) is 10.9 Å². The molecular formula is C16H16ClN5O2. The molecule has 1 amide bonds. The van der Waals surface area contributed by atoms with E-state index >= 15 is 0 Å². The normalized spacial score (nSPS) is 17.5. The van der Waals surface area contributed by atoms with Gasteiger partial charge in [-0.05, 0) is 36.4 Å². The monoisotopic (exact) mass is 345 g/mol. The summed E-state index contributed by atoms with van der Waals surface area (Å²) in [7, 11) is 0. The zero-order valence-electron chi connectivity index (χ0n) is 12.8. The van der Waals surface area contributed by atoms with Gasteiger partial charge in [0.05, 0.1) is 0 Å². The third-order valence-electron chi connectivity index (χ3n) is 4.04. The number of amides is 1. The molecule has 0 spiro atoms. The zero-order valence-corrected chi connectivity index (χ0v) is 13.6. The topological polar surface area (TPSA) is 84.8 Å². The fourth-order valence-corrected chi connectivity index (χ4v) is 3.05. The van der Waals surface area contributed by atoms with E-state index in [1.165, 1.54) is 0 Å². The number of hydrogen-bond acceptors (Lipinski definition) is 4. The van der Waals surface area contributed by atoms with Crippen molar-refractivity contribution in [3.8, 4) is 0 Å². The minimum Gasteiger partial charge on any atom is -0.370 e. The molecule has 1 aliphatic rings. The van der Waals surface area contributed by atoms with Crippen LogP contribution in [-0.4, -0.2) is 32.3 Å². The van der Waals surface area contributed by atoms with Crippen molar-refractivity contribution in [2.45, 2.75) is 25.5 Å². The van der Waals surface area contributed by atoms with E-state index in [2.05, 4.69) is 20.5 Å². The number of ether oxygens (including phenoxy) is 1. The molecule has 0 unspecified atom stereocenters. The van der Waals surface area contributed by atoms with Gasteiger partial charge < -0.3 is 9.30 Å². The lowest BCUT2D eigenvalue weighted by atomic mass is 10.2. The van der Waals surface area contributed by atoms with Crippen LogP contribution in [-0.2, 0) is 16.1 Å². The number of nitrogens with zero attached hydrogens (tertiary/aromatic N) is 3. The molecule has 1 aliphatic heterocycles. The summed E-state index contributed by atoms with van der Waals surface area (Å²) in [6.07, 6.45) is 3.73. The molecule has 0 bridgehead atoms. The van der Waals surface area contributed by atoms with Gasteiger partial charge in [-0.1, -0.05) is 17.7 Å². The highest BCUT2D eigenvalue weighted by molar-refractivity contribution is 6.31. The lowest BCUT2D eigenvalue weighted by Crippen LogP contribution is -2.19. The Kier molecular flexibility index (Phi) is 3.95. The lowest BCUT2D eigenvalue weighted by Gasteiger charge is -2.05. The van der Waals surface area contributed by atoms with Crippen LogP contribution < -0.4 is 5.32 Å². The van der Waals surface area contributed by atoms with Crippen LogP contribution in [0.4, 0.5) is 5.95 Å². The Bertz CT molecular complexity index is 882. The second-order valence-electron chi connectivity index (χ2n) is 5.74. The van der Waals surface area contributed by atoms with Crippen LogP contribution in [0.2, 0.25) is 5.02 Å². The summed E-state index contributed by atoms with van der Waals surface area (Å²) in [4.78, 5) is 16.5. The minimum atomic E-state index is -0.203. The number of benzene rings is 1. The first-order valence-electron chi connectivity index (χ1n) is 7.77. The van der Waals surface area contributed by atoms with Crippen LogP contribution in [0.5, 0.6) is 0 Å². The summed E-state index contributed by atoms with van der Waals surface area (Å²) >= 11 is 6.03. The summed E-state index contributed by atoms with van der Waals surface area (Å²) in [5.74, 6) is 0.714. The van der Waals surface area contributed by atoms with E-state index in [1.807, 2.05) is 35.0 Å². The number of aromatic amines is 1. The fourth-order valence-electron chi connectivity index (χ4n) is 2.88. The number of rotatable bonds is 4. The molecular weight excluding hydrogens is 330 g/mol. The van der Waals surface area contributed by atoms with Crippen molar-refractivity contribution < 1.29 is 9.53 Å². The molecule has 1 atom stereocenters. The predicted octanol–water partition coefficient (Wildman–Crippen LogP) is 2.90. The highest BCUT2D eigenvalue weighted by atomic mass is 35.5. The Labute approximate surface area is 143 Å². The van der Waals surface area contributed by atoms with Gasteiger partial charge in [-0.2, -0.15) is 4.98 Å². The zero-order chi connectivity index (χ0) is 16.5. The summed E-state index contributed by atoms with van der Waals surface area (Å²) < 4.78 is 7.38. The molecule has 1 aromatic carbocycles. The van der Waals surface area contributed by atoms with Crippen molar-refractivity contribution in [2.24, 2.45) is 0 Å². The van der Waals surface area contributed by atoms with Gasteiger partial charge in [0.1, 0.15) is 12.6 Å². The maximum absolute atomic E-state index is 12.2. The number of H-pyrrole nitrogens is 1. The van der Waals surface area contributed by atoms with Crippen molar-refractivity contribution in [3.63, 3.8) is 0 Å². The Hall–Kier alpha value is -2.38. The van der Waals surface area contributed by atoms with Crippen molar-refractivity contribution >= 4 is 34.4 Å². The molecule has 0 saturated carbocycles. The van der Waals surface area contributed by atoms with Crippen LogP contribution in [0.1, 0.15) is 24.8 Å². The van der Waals surface area contributed by atoms with Gasteiger partial charge in [-0.3, -0.25) is 15.2 Å². The van der Waals surface area contributed by atoms with Crippen LogP contribution in [0, 0.1) is 0 Å². The van der Waals surface area contributed by atoms with E-state index in [0.717, 1.165) is 30.4 Å². The smallest absolute Gasteiger partial charge is 0.248 e. The quantitative estimate of drug-likeness (QED) is 0.761. The molecule has 24 heavy (non-hydrogen) atoms. The Morgan fingerprint density at radius 1 is 1.46 bits per heavy atom. The van der Waals surface area contributed by atoms with Gasteiger partial charge in [0.2, 0.25) is 11.9 Å². The number of aromatic nitrogens is 4. The number of anilines is 1. The molecule has 124 valence electrons. The first kappa shape index (κ1) is 15.2. The standard InChI is InChI=1S/C16H16ClN5O2/c17-11-4-3-10-5-6-22(12(10)8-11)9-14(23)18-16-19-15(20-21-16)13-2-1-7-24-13/h3-6,8,13H,1-2,7,9H2,(H2,18,19,20,21,23)/t13-/m0/s1. The molecule has 8 heteroatoms. The second-order valence-corrected chi connectivity index (χ2v) is 6.18. The Morgan fingerprint density at radius 2 is 2.38 bits per heavy atom. The van der Waals surface area contributed by atoms with Crippen molar-refractivity contribution in [2.75, 3.05) is 11.9 Å². The average molecular weight is 346 g/mol. The van der Waals surface area contributed by atoms with Crippen LogP contribution in [0.15, 0.2) is 30.5 Å². The van der Waals surface area contributed by atoms with Crippen molar-refractivity contribution in [1.29, 1.82) is 0 Å². The van der Waals surface area contributed by atoms with E-state index in [-0.39, 0.29) is 24.5 Å². The van der Waals surface area contributed by atoms with Crippen LogP contribution in [0.3, 0.4) is 0 Å². The number of nitrogens with one attached hydrogen (secondary N) is 2. The molecule has 2 N–H and O–H groups in total. The van der Waals surface area contributed by atoms with Gasteiger partial charge in [-0.15, -0.1) is 5.10 Å². The lowest BCUT2D eigenvalue weighted by molar-refractivity contribution is -0.116. The number of hydrogen-bond donors (Lipinski definition) is 2. The number of carbonyl (C=O) groups excluding carboxylic acids is 1. The summed E-state index contributed by atoms with van der Waals surface area (Å²) in [6.45, 7) is 0.893. The summed E-state index contributed by atoms with van der Waals surface area (Å²) in [5.41, 5.74) is 0.910. The van der Waals surface area contributed by atoms with E-state index in [4.69, 9.17) is 16.3 Å². The van der Waals surface area contributed by atoms with Gasteiger partial charge in [0.15, 0.2) is 5.82 Å². The highest BCUT2D eigenvalue weighted by Crippen LogP contribution is 2.26. The molecule has 0 aliphatic carbocycles. The predicted molar refractivity (Wildman–Crippen MR) is 89.9 cm³/mol. The summed E-state index contributed by atoms with van der Waals surface area (Å²) in [5, 5.41) is 11.2.